The highest BCUT2D eigenvalue weighted by Crippen LogP contribution is 2.30. The predicted octanol–water partition coefficient (Wildman–Crippen LogP) is 2.12. The molecule has 1 atom stereocenters. The first-order chi connectivity index (χ1) is 8.09. The SMILES string of the molecule is CC(NC(=O)CC1(N)CCCC1)c1ccco1. The summed E-state index contributed by atoms with van der Waals surface area (Å²) in [5, 5.41) is 2.92. The van der Waals surface area contributed by atoms with Crippen molar-refractivity contribution in [1.29, 1.82) is 0 Å². The lowest BCUT2D eigenvalue weighted by molar-refractivity contribution is -0.123. The third-order valence-corrected chi connectivity index (χ3v) is 3.46. The molecule has 0 radical (unpaired) electrons. The van der Waals surface area contributed by atoms with Gasteiger partial charge in [0.15, 0.2) is 0 Å². The van der Waals surface area contributed by atoms with E-state index >= 15 is 0 Å². The van der Waals surface area contributed by atoms with Crippen LogP contribution in [0.5, 0.6) is 0 Å². The van der Waals surface area contributed by atoms with Crippen molar-refractivity contribution in [2.45, 2.75) is 50.6 Å². The first kappa shape index (κ1) is 12.2. The molecular formula is C13H20N2O2. The Bertz CT molecular complexity index is 367. The van der Waals surface area contributed by atoms with Crippen molar-refractivity contribution in [2.24, 2.45) is 5.73 Å². The fourth-order valence-corrected chi connectivity index (χ4v) is 2.48. The summed E-state index contributed by atoms with van der Waals surface area (Å²) in [5.41, 5.74) is 5.89. The Morgan fingerprint density at radius 3 is 2.88 bits per heavy atom. The van der Waals surface area contributed by atoms with Crippen LogP contribution in [0, 0.1) is 0 Å². The third-order valence-electron chi connectivity index (χ3n) is 3.46. The van der Waals surface area contributed by atoms with Gasteiger partial charge < -0.3 is 15.5 Å². The van der Waals surface area contributed by atoms with Gasteiger partial charge in [0, 0.05) is 12.0 Å². The van der Waals surface area contributed by atoms with E-state index in [0.29, 0.717) is 6.42 Å². The maximum Gasteiger partial charge on any atom is 0.222 e. The van der Waals surface area contributed by atoms with E-state index in [1.54, 1.807) is 6.26 Å². The van der Waals surface area contributed by atoms with E-state index in [0.717, 1.165) is 31.4 Å². The first-order valence-corrected chi connectivity index (χ1v) is 6.21. The van der Waals surface area contributed by atoms with E-state index in [9.17, 15) is 4.79 Å². The molecule has 1 saturated carbocycles. The lowest BCUT2D eigenvalue weighted by Crippen LogP contribution is -2.42. The molecule has 4 heteroatoms. The number of hydrogen-bond acceptors (Lipinski definition) is 3. The van der Waals surface area contributed by atoms with E-state index in [-0.39, 0.29) is 17.5 Å². The fraction of sp³-hybridized carbons (Fsp3) is 0.615. The fourth-order valence-electron chi connectivity index (χ4n) is 2.48. The average molecular weight is 236 g/mol. The molecule has 0 spiro atoms. The summed E-state index contributed by atoms with van der Waals surface area (Å²) in [6.07, 6.45) is 6.21. The van der Waals surface area contributed by atoms with Crippen LogP contribution in [0.4, 0.5) is 0 Å². The van der Waals surface area contributed by atoms with Crippen LogP contribution in [-0.4, -0.2) is 11.4 Å². The molecule has 0 aliphatic heterocycles. The van der Waals surface area contributed by atoms with Crippen LogP contribution in [0.25, 0.3) is 0 Å². The molecule has 1 unspecified atom stereocenters. The van der Waals surface area contributed by atoms with Gasteiger partial charge in [-0.15, -0.1) is 0 Å². The van der Waals surface area contributed by atoms with Crippen molar-refractivity contribution in [2.75, 3.05) is 0 Å². The van der Waals surface area contributed by atoms with Gasteiger partial charge in [0.2, 0.25) is 5.91 Å². The Balaban J connectivity index is 1.85. The van der Waals surface area contributed by atoms with Gasteiger partial charge in [-0.05, 0) is 31.9 Å². The molecule has 4 nitrogen and oxygen atoms in total. The quantitative estimate of drug-likeness (QED) is 0.841. The summed E-state index contributed by atoms with van der Waals surface area (Å²) >= 11 is 0. The van der Waals surface area contributed by atoms with Crippen molar-refractivity contribution >= 4 is 5.91 Å². The van der Waals surface area contributed by atoms with Gasteiger partial charge in [0.1, 0.15) is 5.76 Å². The van der Waals surface area contributed by atoms with Gasteiger partial charge in [0.25, 0.3) is 0 Å². The Morgan fingerprint density at radius 2 is 2.29 bits per heavy atom. The normalized spacial score (nSPS) is 20.1. The lowest BCUT2D eigenvalue weighted by atomic mass is 9.94. The molecule has 0 saturated heterocycles. The molecule has 17 heavy (non-hydrogen) atoms. The van der Waals surface area contributed by atoms with Crippen molar-refractivity contribution in [1.82, 2.24) is 5.32 Å². The van der Waals surface area contributed by atoms with Gasteiger partial charge in [-0.3, -0.25) is 4.79 Å². The number of amides is 1. The van der Waals surface area contributed by atoms with Gasteiger partial charge >= 0.3 is 0 Å². The summed E-state index contributed by atoms with van der Waals surface area (Å²) in [4.78, 5) is 11.9. The summed E-state index contributed by atoms with van der Waals surface area (Å²) in [6.45, 7) is 1.91. The molecule has 1 fully saturated rings. The number of carbonyl (C=O) groups is 1. The van der Waals surface area contributed by atoms with Crippen LogP contribution < -0.4 is 11.1 Å². The summed E-state index contributed by atoms with van der Waals surface area (Å²) in [7, 11) is 0. The van der Waals surface area contributed by atoms with Crippen LogP contribution in [0.15, 0.2) is 22.8 Å². The minimum absolute atomic E-state index is 0.0123. The van der Waals surface area contributed by atoms with Crippen LogP contribution >= 0.6 is 0 Å². The smallest absolute Gasteiger partial charge is 0.222 e. The molecule has 94 valence electrons. The van der Waals surface area contributed by atoms with E-state index in [2.05, 4.69) is 5.32 Å². The summed E-state index contributed by atoms with van der Waals surface area (Å²) < 4.78 is 5.25. The number of carbonyl (C=O) groups excluding carboxylic acids is 1. The molecular weight excluding hydrogens is 216 g/mol. The third kappa shape index (κ3) is 3.09. The highest BCUT2D eigenvalue weighted by molar-refractivity contribution is 5.77. The predicted molar refractivity (Wildman–Crippen MR) is 65.3 cm³/mol. The van der Waals surface area contributed by atoms with E-state index in [1.165, 1.54) is 0 Å². The second-order valence-corrected chi connectivity index (χ2v) is 5.05. The zero-order valence-corrected chi connectivity index (χ0v) is 10.2. The minimum atomic E-state index is -0.285. The molecule has 2 rings (SSSR count). The number of nitrogens with two attached hydrogens (primary N) is 1. The summed E-state index contributed by atoms with van der Waals surface area (Å²) in [6, 6.07) is 3.58. The molecule has 1 aliphatic rings. The average Bonchev–Trinajstić information content (AvgIpc) is 2.88. The first-order valence-electron chi connectivity index (χ1n) is 6.21. The monoisotopic (exact) mass is 236 g/mol. The Kier molecular flexibility index (Phi) is 3.52. The Hall–Kier alpha value is -1.29. The standard InChI is InChI=1S/C13H20N2O2/c1-10(11-5-4-8-17-11)15-12(16)9-13(14)6-2-3-7-13/h4-5,8,10H,2-3,6-7,9,14H2,1H3,(H,15,16). The van der Waals surface area contributed by atoms with Crippen molar-refractivity contribution in [3.8, 4) is 0 Å². The Labute approximate surface area is 102 Å². The minimum Gasteiger partial charge on any atom is -0.467 e. The zero-order valence-electron chi connectivity index (χ0n) is 10.2. The molecule has 1 aliphatic carbocycles. The van der Waals surface area contributed by atoms with Crippen LogP contribution in [0.1, 0.15) is 50.8 Å². The van der Waals surface area contributed by atoms with Crippen LogP contribution in [-0.2, 0) is 4.79 Å². The lowest BCUT2D eigenvalue weighted by Gasteiger charge is -2.23. The zero-order chi connectivity index (χ0) is 12.3. The highest BCUT2D eigenvalue weighted by atomic mass is 16.3. The maximum atomic E-state index is 11.9. The molecule has 1 heterocycles. The van der Waals surface area contributed by atoms with Crippen molar-refractivity contribution in [3.63, 3.8) is 0 Å². The number of hydrogen-bond donors (Lipinski definition) is 2. The highest BCUT2D eigenvalue weighted by Gasteiger charge is 2.32. The van der Waals surface area contributed by atoms with E-state index in [1.807, 2.05) is 19.1 Å². The second-order valence-electron chi connectivity index (χ2n) is 5.05. The molecule has 1 aromatic heterocycles. The van der Waals surface area contributed by atoms with Gasteiger partial charge in [-0.2, -0.15) is 0 Å². The van der Waals surface area contributed by atoms with Crippen molar-refractivity contribution < 1.29 is 9.21 Å². The largest absolute Gasteiger partial charge is 0.467 e. The molecule has 0 aromatic carbocycles. The van der Waals surface area contributed by atoms with Gasteiger partial charge in [-0.1, -0.05) is 12.8 Å². The van der Waals surface area contributed by atoms with E-state index in [4.69, 9.17) is 10.2 Å². The molecule has 1 aromatic rings. The van der Waals surface area contributed by atoms with E-state index < -0.39 is 0 Å². The van der Waals surface area contributed by atoms with Gasteiger partial charge in [-0.25, -0.2) is 0 Å². The number of nitrogens with one attached hydrogen (secondary N) is 1. The van der Waals surface area contributed by atoms with Crippen molar-refractivity contribution in [3.05, 3.63) is 24.2 Å². The van der Waals surface area contributed by atoms with Gasteiger partial charge in [0.05, 0.1) is 12.3 Å². The van der Waals surface area contributed by atoms with Crippen LogP contribution in [0.2, 0.25) is 0 Å². The molecule has 3 N–H and O–H groups in total. The second kappa shape index (κ2) is 4.92. The topological polar surface area (TPSA) is 68.3 Å². The summed E-state index contributed by atoms with van der Waals surface area (Å²) in [5.74, 6) is 0.786. The molecule has 0 bridgehead atoms. The Morgan fingerprint density at radius 1 is 1.59 bits per heavy atom. The molecule has 1 amide bonds. The van der Waals surface area contributed by atoms with Crippen LogP contribution in [0.3, 0.4) is 0 Å². The maximum absolute atomic E-state index is 11.9. The number of furan rings is 1. The number of rotatable bonds is 4.